The Hall–Kier alpha value is -1.34. The number of allylic oxidation sites excluding steroid dienone is 1. The van der Waals surface area contributed by atoms with E-state index in [2.05, 4.69) is 28.3 Å². The number of aromatic nitrogens is 3. The second-order valence-corrected chi connectivity index (χ2v) is 6.13. The topological polar surface area (TPSA) is 60.2 Å². The molecule has 0 aromatic carbocycles. The minimum absolute atomic E-state index is 0.136. The van der Waals surface area contributed by atoms with Crippen LogP contribution < -0.4 is 0 Å². The molecule has 7 heteroatoms. The number of rotatable bonds is 8. The summed E-state index contributed by atoms with van der Waals surface area (Å²) in [5, 5.41) is 9.30. The van der Waals surface area contributed by atoms with E-state index >= 15 is 0 Å². The smallest absolute Gasteiger partial charge is 0.233 e. The molecule has 0 N–H and O–H groups in total. The zero-order valence-electron chi connectivity index (χ0n) is 13.2. The molecule has 22 heavy (non-hydrogen) atoms. The van der Waals surface area contributed by atoms with Crippen LogP contribution >= 0.6 is 11.8 Å². The third-order valence-electron chi connectivity index (χ3n) is 3.55. The number of aryl methyl sites for hydroxylation is 1. The van der Waals surface area contributed by atoms with Crippen LogP contribution in [-0.2, 0) is 22.5 Å². The van der Waals surface area contributed by atoms with E-state index in [9.17, 15) is 4.79 Å². The quantitative estimate of drug-likeness (QED) is 0.539. The minimum atomic E-state index is 0.136. The number of carbonyl (C=O) groups is 1. The summed E-state index contributed by atoms with van der Waals surface area (Å²) >= 11 is 1.45. The highest BCUT2D eigenvalue weighted by atomic mass is 32.2. The molecule has 1 fully saturated rings. The van der Waals surface area contributed by atoms with Gasteiger partial charge in [0.2, 0.25) is 5.91 Å². The number of carbonyl (C=O) groups excluding carboxylic acids is 1. The molecule has 0 atom stereocenters. The summed E-state index contributed by atoms with van der Waals surface area (Å²) < 4.78 is 7.32. The molecule has 1 amide bonds. The molecule has 0 unspecified atom stereocenters. The summed E-state index contributed by atoms with van der Waals surface area (Å²) in [5.74, 6) is 1.50. The third-order valence-corrected chi connectivity index (χ3v) is 4.50. The summed E-state index contributed by atoms with van der Waals surface area (Å²) in [6.07, 6.45) is 4.97. The summed E-state index contributed by atoms with van der Waals surface area (Å²) in [7, 11) is 0. The fourth-order valence-electron chi connectivity index (χ4n) is 2.29. The number of hydrogen-bond donors (Lipinski definition) is 0. The van der Waals surface area contributed by atoms with E-state index in [0.717, 1.165) is 30.2 Å². The van der Waals surface area contributed by atoms with Crippen LogP contribution in [0.5, 0.6) is 0 Å². The van der Waals surface area contributed by atoms with Crippen LogP contribution in [0.25, 0.3) is 0 Å². The summed E-state index contributed by atoms with van der Waals surface area (Å²) in [4.78, 5) is 14.0. The van der Waals surface area contributed by atoms with Crippen LogP contribution in [0, 0.1) is 0 Å². The molecule has 1 aliphatic rings. The number of unbranched alkanes of at least 4 members (excludes halogenated alkanes) is 1. The highest BCUT2D eigenvalue weighted by Gasteiger charge is 2.19. The van der Waals surface area contributed by atoms with Crippen LogP contribution in [-0.4, -0.2) is 57.6 Å². The first kappa shape index (κ1) is 17.0. The van der Waals surface area contributed by atoms with Gasteiger partial charge in [0.1, 0.15) is 5.82 Å². The molecule has 1 aromatic rings. The predicted octanol–water partition coefficient (Wildman–Crippen LogP) is 1.76. The molecule has 0 saturated carbocycles. The van der Waals surface area contributed by atoms with Crippen molar-refractivity contribution in [3.8, 4) is 0 Å². The van der Waals surface area contributed by atoms with Crippen LogP contribution in [0.2, 0.25) is 0 Å². The Balaban J connectivity index is 1.94. The zero-order valence-corrected chi connectivity index (χ0v) is 14.0. The lowest BCUT2D eigenvalue weighted by Gasteiger charge is -2.26. The Morgan fingerprint density at radius 2 is 2.18 bits per heavy atom. The van der Waals surface area contributed by atoms with Crippen LogP contribution in [0.15, 0.2) is 17.8 Å². The zero-order chi connectivity index (χ0) is 15.8. The number of ether oxygens (including phenoxy) is 1. The lowest BCUT2D eigenvalue weighted by Crippen LogP contribution is -2.41. The van der Waals surface area contributed by atoms with Crippen molar-refractivity contribution in [2.45, 2.75) is 37.9 Å². The number of nitrogens with zero attached hydrogens (tertiary/aromatic N) is 4. The van der Waals surface area contributed by atoms with Crippen LogP contribution in [0.3, 0.4) is 0 Å². The fraction of sp³-hybridized carbons (Fsp3) is 0.667. The van der Waals surface area contributed by atoms with Gasteiger partial charge >= 0.3 is 0 Å². The first-order chi connectivity index (χ1) is 10.8. The molecular formula is C15H24N4O2S. The average molecular weight is 324 g/mol. The SMILES string of the molecule is C=CCn1c(CCCC)nnc1SCC(=O)N1CCOCC1. The largest absolute Gasteiger partial charge is 0.378 e. The normalized spacial score (nSPS) is 15.0. The van der Waals surface area contributed by atoms with Crippen molar-refractivity contribution < 1.29 is 9.53 Å². The fourth-order valence-corrected chi connectivity index (χ4v) is 3.16. The molecule has 2 heterocycles. The van der Waals surface area contributed by atoms with E-state index in [1.54, 1.807) is 0 Å². The first-order valence-electron chi connectivity index (χ1n) is 7.77. The second kappa shape index (κ2) is 8.95. The van der Waals surface area contributed by atoms with Crippen molar-refractivity contribution in [3.05, 3.63) is 18.5 Å². The Labute approximate surface area is 135 Å². The highest BCUT2D eigenvalue weighted by molar-refractivity contribution is 7.99. The molecule has 2 rings (SSSR count). The van der Waals surface area contributed by atoms with Gasteiger partial charge < -0.3 is 14.2 Å². The maximum Gasteiger partial charge on any atom is 0.233 e. The number of morpholine rings is 1. The van der Waals surface area contributed by atoms with E-state index in [4.69, 9.17) is 4.74 Å². The lowest BCUT2D eigenvalue weighted by atomic mass is 10.2. The molecule has 0 spiro atoms. The monoisotopic (exact) mass is 324 g/mol. The molecule has 6 nitrogen and oxygen atoms in total. The van der Waals surface area contributed by atoms with Gasteiger partial charge in [-0.1, -0.05) is 31.2 Å². The van der Waals surface area contributed by atoms with Crippen molar-refractivity contribution in [1.29, 1.82) is 0 Å². The molecule has 0 bridgehead atoms. The van der Waals surface area contributed by atoms with E-state index < -0.39 is 0 Å². The standard InChI is InChI=1S/C15H24N4O2S/c1-3-5-6-13-16-17-15(19(13)7-4-2)22-12-14(20)18-8-10-21-11-9-18/h4H,2-3,5-12H2,1H3. The van der Waals surface area contributed by atoms with Gasteiger partial charge in [0, 0.05) is 26.1 Å². The number of thioether (sulfide) groups is 1. The second-order valence-electron chi connectivity index (χ2n) is 5.18. The minimum Gasteiger partial charge on any atom is -0.378 e. The third kappa shape index (κ3) is 4.58. The van der Waals surface area contributed by atoms with E-state index in [0.29, 0.717) is 38.6 Å². The van der Waals surface area contributed by atoms with Crippen molar-refractivity contribution in [3.63, 3.8) is 0 Å². The molecule has 0 radical (unpaired) electrons. The van der Waals surface area contributed by atoms with E-state index in [-0.39, 0.29) is 5.91 Å². The van der Waals surface area contributed by atoms with Crippen molar-refractivity contribution >= 4 is 17.7 Å². The first-order valence-corrected chi connectivity index (χ1v) is 8.76. The van der Waals surface area contributed by atoms with Gasteiger partial charge in [-0.15, -0.1) is 16.8 Å². The molecule has 1 saturated heterocycles. The Morgan fingerprint density at radius 3 is 2.86 bits per heavy atom. The summed E-state index contributed by atoms with van der Waals surface area (Å²) in [6.45, 7) is 9.25. The number of amides is 1. The van der Waals surface area contributed by atoms with Gasteiger partial charge in [0.25, 0.3) is 0 Å². The summed E-state index contributed by atoms with van der Waals surface area (Å²) in [6, 6.07) is 0. The van der Waals surface area contributed by atoms with Crippen LogP contribution in [0.4, 0.5) is 0 Å². The molecular weight excluding hydrogens is 300 g/mol. The van der Waals surface area contributed by atoms with E-state index in [1.165, 1.54) is 11.8 Å². The number of hydrogen-bond acceptors (Lipinski definition) is 5. The molecule has 1 aliphatic heterocycles. The molecule has 1 aromatic heterocycles. The van der Waals surface area contributed by atoms with Gasteiger partial charge in [-0.25, -0.2) is 0 Å². The Bertz CT molecular complexity index is 498. The van der Waals surface area contributed by atoms with Crippen molar-refractivity contribution in [2.75, 3.05) is 32.1 Å². The van der Waals surface area contributed by atoms with Crippen molar-refractivity contribution in [2.24, 2.45) is 0 Å². The van der Waals surface area contributed by atoms with Gasteiger partial charge in [0.05, 0.1) is 19.0 Å². The maximum atomic E-state index is 12.2. The predicted molar refractivity (Wildman–Crippen MR) is 87.0 cm³/mol. The summed E-state index contributed by atoms with van der Waals surface area (Å²) in [5.41, 5.74) is 0. The van der Waals surface area contributed by atoms with Crippen molar-refractivity contribution in [1.82, 2.24) is 19.7 Å². The average Bonchev–Trinajstić information content (AvgIpc) is 2.94. The molecule has 0 aliphatic carbocycles. The van der Waals surface area contributed by atoms with Gasteiger partial charge in [-0.2, -0.15) is 0 Å². The van der Waals surface area contributed by atoms with Gasteiger partial charge in [0.15, 0.2) is 5.16 Å². The van der Waals surface area contributed by atoms with Gasteiger partial charge in [-0.3, -0.25) is 4.79 Å². The molecule has 122 valence electrons. The Morgan fingerprint density at radius 1 is 1.41 bits per heavy atom. The highest BCUT2D eigenvalue weighted by Crippen LogP contribution is 2.19. The lowest BCUT2D eigenvalue weighted by molar-refractivity contribution is -0.132. The van der Waals surface area contributed by atoms with Gasteiger partial charge in [-0.05, 0) is 6.42 Å². The van der Waals surface area contributed by atoms with E-state index in [1.807, 2.05) is 11.0 Å². The Kier molecular flexibility index (Phi) is 6.92. The van der Waals surface area contributed by atoms with Crippen LogP contribution in [0.1, 0.15) is 25.6 Å². The maximum absolute atomic E-state index is 12.2.